The normalized spacial score (nSPS) is 14.9. The molecule has 2 aromatic heterocycles. The highest BCUT2D eigenvalue weighted by Crippen LogP contribution is 2.18. The van der Waals surface area contributed by atoms with Crippen molar-refractivity contribution in [3.63, 3.8) is 0 Å². The molecule has 1 aliphatic rings. The van der Waals surface area contributed by atoms with E-state index in [4.69, 9.17) is 0 Å². The van der Waals surface area contributed by atoms with Crippen LogP contribution < -0.4 is 5.56 Å². The second-order valence-corrected chi connectivity index (χ2v) is 4.64. The smallest absolute Gasteiger partial charge is 0.254 e. The molecule has 0 saturated carbocycles. The highest BCUT2D eigenvalue weighted by atomic mass is 16.1. The van der Waals surface area contributed by atoms with Gasteiger partial charge in [0.25, 0.3) is 5.56 Å². The minimum absolute atomic E-state index is 0.0146. The summed E-state index contributed by atoms with van der Waals surface area (Å²) in [5.74, 6) is 0.633. The van der Waals surface area contributed by atoms with Crippen molar-refractivity contribution >= 4 is 0 Å². The molecule has 0 aromatic carbocycles. The third-order valence-corrected chi connectivity index (χ3v) is 3.38. The molecule has 0 radical (unpaired) electrons. The highest BCUT2D eigenvalue weighted by molar-refractivity contribution is 5.53. The number of hydrogen-bond acceptors (Lipinski definition) is 3. The van der Waals surface area contributed by atoms with Crippen molar-refractivity contribution in [1.82, 2.24) is 15.0 Å². The van der Waals surface area contributed by atoms with Crippen molar-refractivity contribution in [2.75, 3.05) is 0 Å². The third-order valence-electron chi connectivity index (χ3n) is 3.38. The molecule has 92 valence electrons. The Kier molecular flexibility index (Phi) is 2.92. The van der Waals surface area contributed by atoms with Crippen LogP contribution in [0.1, 0.15) is 30.5 Å². The van der Waals surface area contributed by atoms with E-state index in [0.29, 0.717) is 5.82 Å². The minimum atomic E-state index is 0.0146. The van der Waals surface area contributed by atoms with E-state index in [2.05, 4.69) is 15.0 Å². The molecule has 4 nitrogen and oxygen atoms in total. The molecule has 3 rings (SSSR count). The van der Waals surface area contributed by atoms with Gasteiger partial charge in [-0.15, -0.1) is 0 Å². The maximum absolute atomic E-state index is 12.1. The predicted octanol–water partition coefficient (Wildman–Crippen LogP) is 2.10. The summed E-state index contributed by atoms with van der Waals surface area (Å²) >= 11 is 0. The van der Waals surface area contributed by atoms with Gasteiger partial charge in [0.05, 0.1) is 5.69 Å². The molecule has 0 atom stereocenters. The highest BCUT2D eigenvalue weighted by Gasteiger charge is 2.14. The summed E-state index contributed by atoms with van der Waals surface area (Å²) in [6.45, 7) is 0. The lowest BCUT2D eigenvalue weighted by molar-refractivity contribution is 0.708. The SMILES string of the molecule is O=c1[nH]c(-c2cccnc2)nc2c1CCCCC2. The molecule has 0 fully saturated rings. The molecule has 0 aliphatic heterocycles. The Morgan fingerprint density at radius 1 is 1.17 bits per heavy atom. The molecular formula is C14H15N3O. The predicted molar refractivity (Wildman–Crippen MR) is 69.3 cm³/mol. The molecule has 0 unspecified atom stereocenters. The molecule has 18 heavy (non-hydrogen) atoms. The molecule has 1 aliphatic carbocycles. The molecule has 2 heterocycles. The van der Waals surface area contributed by atoms with E-state index in [0.717, 1.165) is 42.5 Å². The maximum atomic E-state index is 12.1. The average molecular weight is 241 g/mol. The number of H-pyrrole nitrogens is 1. The van der Waals surface area contributed by atoms with Gasteiger partial charge < -0.3 is 4.98 Å². The van der Waals surface area contributed by atoms with Gasteiger partial charge >= 0.3 is 0 Å². The van der Waals surface area contributed by atoms with Crippen LogP contribution in [-0.4, -0.2) is 15.0 Å². The quantitative estimate of drug-likeness (QED) is 0.778. The topological polar surface area (TPSA) is 58.6 Å². The summed E-state index contributed by atoms with van der Waals surface area (Å²) < 4.78 is 0. The molecule has 0 saturated heterocycles. The Bertz CT molecular complexity index is 604. The van der Waals surface area contributed by atoms with Crippen LogP contribution in [0.5, 0.6) is 0 Å². The molecule has 4 heteroatoms. The van der Waals surface area contributed by atoms with Crippen molar-refractivity contribution in [3.8, 4) is 11.4 Å². The number of aromatic amines is 1. The lowest BCUT2D eigenvalue weighted by atomic mass is 10.1. The summed E-state index contributed by atoms with van der Waals surface area (Å²) in [6, 6.07) is 3.76. The van der Waals surface area contributed by atoms with E-state index in [-0.39, 0.29) is 5.56 Å². The van der Waals surface area contributed by atoms with E-state index in [1.807, 2.05) is 12.1 Å². The molecular weight excluding hydrogens is 226 g/mol. The number of rotatable bonds is 1. The standard InChI is InChI=1S/C14H15N3O/c18-14-11-6-2-1-3-7-12(11)16-13(17-14)10-5-4-8-15-9-10/h4-5,8-9H,1-3,6-7H2,(H,16,17,18). The van der Waals surface area contributed by atoms with Gasteiger partial charge in [0.15, 0.2) is 0 Å². The van der Waals surface area contributed by atoms with Crippen LogP contribution in [0.25, 0.3) is 11.4 Å². The Labute approximate surface area is 105 Å². The number of pyridine rings is 1. The fourth-order valence-corrected chi connectivity index (χ4v) is 2.42. The molecule has 0 spiro atoms. The van der Waals surface area contributed by atoms with Crippen LogP contribution in [0, 0.1) is 0 Å². The van der Waals surface area contributed by atoms with Crippen LogP contribution >= 0.6 is 0 Å². The summed E-state index contributed by atoms with van der Waals surface area (Å²) in [7, 11) is 0. The summed E-state index contributed by atoms with van der Waals surface area (Å²) in [5, 5.41) is 0. The number of fused-ring (bicyclic) bond motifs is 1. The minimum Gasteiger partial charge on any atom is -0.306 e. The fourth-order valence-electron chi connectivity index (χ4n) is 2.42. The largest absolute Gasteiger partial charge is 0.306 e. The Balaban J connectivity index is 2.11. The van der Waals surface area contributed by atoms with Crippen LogP contribution in [0.2, 0.25) is 0 Å². The second-order valence-electron chi connectivity index (χ2n) is 4.64. The average Bonchev–Trinajstić information content (AvgIpc) is 2.65. The summed E-state index contributed by atoms with van der Waals surface area (Å²) in [6.07, 6.45) is 8.59. The monoisotopic (exact) mass is 241 g/mol. The lowest BCUT2D eigenvalue weighted by Crippen LogP contribution is -2.18. The Hall–Kier alpha value is -1.97. The van der Waals surface area contributed by atoms with Gasteiger partial charge in [-0.2, -0.15) is 0 Å². The Morgan fingerprint density at radius 2 is 2.06 bits per heavy atom. The van der Waals surface area contributed by atoms with Crippen molar-refractivity contribution < 1.29 is 0 Å². The fraction of sp³-hybridized carbons (Fsp3) is 0.357. The molecule has 1 N–H and O–H groups in total. The lowest BCUT2D eigenvalue weighted by Gasteiger charge is -2.06. The first kappa shape index (κ1) is 11.1. The number of nitrogens with one attached hydrogen (secondary N) is 1. The zero-order chi connectivity index (χ0) is 12.4. The van der Waals surface area contributed by atoms with Crippen LogP contribution in [0.3, 0.4) is 0 Å². The van der Waals surface area contributed by atoms with Crippen molar-refractivity contribution in [1.29, 1.82) is 0 Å². The molecule has 2 aromatic rings. The summed E-state index contributed by atoms with van der Waals surface area (Å²) in [5.41, 5.74) is 2.72. The van der Waals surface area contributed by atoms with E-state index in [1.165, 1.54) is 6.42 Å². The Morgan fingerprint density at radius 3 is 2.89 bits per heavy atom. The zero-order valence-electron chi connectivity index (χ0n) is 10.1. The van der Waals surface area contributed by atoms with Gasteiger partial charge in [-0.25, -0.2) is 4.98 Å². The van der Waals surface area contributed by atoms with E-state index < -0.39 is 0 Å². The first-order chi connectivity index (χ1) is 8.84. The third kappa shape index (κ3) is 2.06. The van der Waals surface area contributed by atoms with Crippen LogP contribution in [0.15, 0.2) is 29.3 Å². The van der Waals surface area contributed by atoms with Gasteiger partial charge in [0.1, 0.15) is 5.82 Å². The molecule has 0 bridgehead atoms. The van der Waals surface area contributed by atoms with Gasteiger partial charge in [-0.05, 0) is 37.8 Å². The first-order valence-corrected chi connectivity index (χ1v) is 6.37. The van der Waals surface area contributed by atoms with E-state index in [9.17, 15) is 4.79 Å². The number of aryl methyl sites for hydroxylation is 1. The maximum Gasteiger partial charge on any atom is 0.254 e. The van der Waals surface area contributed by atoms with Gasteiger partial charge in [0.2, 0.25) is 0 Å². The van der Waals surface area contributed by atoms with Crippen molar-refractivity contribution in [2.45, 2.75) is 32.1 Å². The van der Waals surface area contributed by atoms with Gasteiger partial charge in [-0.3, -0.25) is 9.78 Å². The number of nitrogens with zero attached hydrogens (tertiary/aromatic N) is 2. The number of aromatic nitrogens is 3. The van der Waals surface area contributed by atoms with Crippen LogP contribution in [-0.2, 0) is 12.8 Å². The van der Waals surface area contributed by atoms with E-state index >= 15 is 0 Å². The second kappa shape index (κ2) is 4.72. The van der Waals surface area contributed by atoms with Gasteiger partial charge in [0, 0.05) is 23.5 Å². The van der Waals surface area contributed by atoms with E-state index in [1.54, 1.807) is 12.4 Å². The molecule has 0 amide bonds. The zero-order valence-corrected chi connectivity index (χ0v) is 10.1. The summed E-state index contributed by atoms with van der Waals surface area (Å²) in [4.78, 5) is 23.6. The van der Waals surface area contributed by atoms with Gasteiger partial charge in [-0.1, -0.05) is 6.42 Å². The number of hydrogen-bond donors (Lipinski definition) is 1. The van der Waals surface area contributed by atoms with Crippen LogP contribution in [0.4, 0.5) is 0 Å². The first-order valence-electron chi connectivity index (χ1n) is 6.37. The van der Waals surface area contributed by atoms with Crippen molar-refractivity contribution in [2.24, 2.45) is 0 Å². The van der Waals surface area contributed by atoms with Crippen molar-refractivity contribution in [3.05, 3.63) is 46.1 Å².